The summed E-state index contributed by atoms with van der Waals surface area (Å²) in [6.45, 7) is -0.0443. The van der Waals surface area contributed by atoms with Crippen LogP contribution in [0.2, 0.25) is 5.02 Å². The molecule has 2 aromatic rings. The van der Waals surface area contributed by atoms with Crippen molar-refractivity contribution in [1.82, 2.24) is 14.8 Å². The minimum atomic E-state index is -0.345. The summed E-state index contributed by atoms with van der Waals surface area (Å²) in [5.41, 5.74) is 6.12. The summed E-state index contributed by atoms with van der Waals surface area (Å²) >= 11 is 5.93. The van der Waals surface area contributed by atoms with Gasteiger partial charge < -0.3 is 11.1 Å². The third-order valence-electron chi connectivity index (χ3n) is 2.23. The van der Waals surface area contributed by atoms with E-state index in [1.54, 1.807) is 12.1 Å². The fourth-order valence-electron chi connectivity index (χ4n) is 1.41. The highest BCUT2D eigenvalue weighted by Gasteiger charge is 2.08. The molecule has 0 spiro atoms. The van der Waals surface area contributed by atoms with Crippen LogP contribution in [0, 0.1) is 11.3 Å². The number of amides is 1. The Morgan fingerprint density at radius 1 is 1.58 bits per heavy atom. The van der Waals surface area contributed by atoms with Crippen molar-refractivity contribution in [2.45, 2.75) is 6.54 Å². The highest BCUT2D eigenvalue weighted by Crippen LogP contribution is 2.22. The minimum absolute atomic E-state index is 0.0443. The van der Waals surface area contributed by atoms with Crippen molar-refractivity contribution in [3.05, 3.63) is 35.1 Å². The van der Waals surface area contributed by atoms with E-state index in [-0.39, 0.29) is 18.4 Å². The highest BCUT2D eigenvalue weighted by molar-refractivity contribution is 6.33. The molecule has 0 aliphatic carbocycles. The number of nitrogens with one attached hydrogen (secondary N) is 1. The molecule has 0 atom stereocenters. The highest BCUT2D eigenvalue weighted by atomic mass is 35.5. The Bertz CT molecular complexity index is 659. The van der Waals surface area contributed by atoms with Crippen LogP contribution in [-0.4, -0.2) is 20.7 Å². The molecule has 96 valence electrons. The van der Waals surface area contributed by atoms with E-state index in [0.29, 0.717) is 16.3 Å². The first-order chi connectivity index (χ1) is 9.08. The first-order valence-electron chi connectivity index (χ1n) is 5.23. The second-order valence-corrected chi connectivity index (χ2v) is 4.06. The van der Waals surface area contributed by atoms with Crippen molar-refractivity contribution in [1.29, 1.82) is 5.26 Å². The molecule has 0 unspecified atom stereocenters. The molecule has 0 aliphatic heterocycles. The van der Waals surface area contributed by atoms with Crippen LogP contribution in [0.5, 0.6) is 0 Å². The van der Waals surface area contributed by atoms with Gasteiger partial charge in [0.15, 0.2) is 0 Å². The number of hydrogen-bond donors (Lipinski definition) is 2. The Hall–Kier alpha value is -2.59. The minimum Gasteiger partial charge on any atom is -0.367 e. The number of aromatic nitrogens is 3. The number of nitrogen functional groups attached to an aromatic ring is 1. The number of hydrogen-bond acceptors (Lipinski definition) is 5. The SMILES string of the molecule is N#Cc1ccc(Cl)c(NC(=O)Cn2cnc(N)n2)c1. The van der Waals surface area contributed by atoms with Gasteiger partial charge in [-0.15, -0.1) is 5.10 Å². The molecule has 0 saturated carbocycles. The van der Waals surface area contributed by atoms with Crippen molar-refractivity contribution in [2.75, 3.05) is 11.1 Å². The van der Waals surface area contributed by atoms with Gasteiger partial charge in [-0.1, -0.05) is 11.6 Å². The fraction of sp³-hybridized carbons (Fsp3) is 0.0909. The Kier molecular flexibility index (Phi) is 3.63. The van der Waals surface area contributed by atoms with Gasteiger partial charge in [-0.05, 0) is 18.2 Å². The lowest BCUT2D eigenvalue weighted by molar-refractivity contribution is -0.116. The van der Waals surface area contributed by atoms with Gasteiger partial charge in [0.1, 0.15) is 12.9 Å². The second-order valence-electron chi connectivity index (χ2n) is 3.65. The van der Waals surface area contributed by atoms with E-state index in [1.165, 1.54) is 17.1 Å². The van der Waals surface area contributed by atoms with Crippen LogP contribution in [0.4, 0.5) is 11.6 Å². The van der Waals surface area contributed by atoms with Gasteiger partial charge >= 0.3 is 0 Å². The largest absolute Gasteiger partial charge is 0.367 e. The van der Waals surface area contributed by atoms with E-state index in [1.807, 2.05) is 6.07 Å². The van der Waals surface area contributed by atoms with Crippen LogP contribution >= 0.6 is 11.6 Å². The maximum atomic E-state index is 11.8. The first kappa shape index (κ1) is 12.9. The van der Waals surface area contributed by atoms with Crippen LogP contribution < -0.4 is 11.1 Å². The molecule has 0 bridgehead atoms. The third kappa shape index (κ3) is 3.20. The van der Waals surface area contributed by atoms with Crippen molar-refractivity contribution in [2.24, 2.45) is 0 Å². The predicted molar refractivity (Wildman–Crippen MR) is 69.2 cm³/mol. The zero-order valence-corrected chi connectivity index (χ0v) is 10.4. The number of nitrogens with zero attached hydrogens (tertiary/aromatic N) is 4. The summed E-state index contributed by atoms with van der Waals surface area (Å²) in [5.74, 6) is -0.251. The Morgan fingerprint density at radius 2 is 2.37 bits per heavy atom. The van der Waals surface area contributed by atoms with Gasteiger partial charge in [-0.25, -0.2) is 9.67 Å². The summed E-state index contributed by atoms with van der Waals surface area (Å²) in [6, 6.07) is 6.57. The average molecular weight is 277 g/mol. The summed E-state index contributed by atoms with van der Waals surface area (Å²) < 4.78 is 1.30. The molecule has 1 aromatic carbocycles. The molecule has 7 nitrogen and oxygen atoms in total. The van der Waals surface area contributed by atoms with E-state index >= 15 is 0 Å². The lowest BCUT2D eigenvalue weighted by Gasteiger charge is -2.07. The summed E-state index contributed by atoms with van der Waals surface area (Å²) in [5, 5.41) is 15.5. The quantitative estimate of drug-likeness (QED) is 0.870. The van der Waals surface area contributed by atoms with Gasteiger partial charge in [-0.2, -0.15) is 5.26 Å². The van der Waals surface area contributed by atoms with Gasteiger partial charge in [-0.3, -0.25) is 4.79 Å². The van der Waals surface area contributed by atoms with Gasteiger partial charge in [0, 0.05) is 0 Å². The van der Waals surface area contributed by atoms with Crippen molar-refractivity contribution in [3.63, 3.8) is 0 Å². The molecule has 8 heteroatoms. The summed E-state index contributed by atoms with van der Waals surface area (Å²) in [7, 11) is 0. The maximum Gasteiger partial charge on any atom is 0.246 e. The molecular weight excluding hydrogens is 268 g/mol. The van der Waals surface area contributed by atoms with E-state index in [9.17, 15) is 4.79 Å². The summed E-state index contributed by atoms with van der Waals surface area (Å²) in [6.07, 6.45) is 1.35. The predicted octanol–water partition coefficient (Wildman–Crippen LogP) is 1.02. The number of nitriles is 1. The maximum absolute atomic E-state index is 11.8. The van der Waals surface area contributed by atoms with Gasteiger partial charge in [0.2, 0.25) is 11.9 Å². The number of nitrogens with two attached hydrogens (primary N) is 1. The van der Waals surface area contributed by atoms with Gasteiger partial charge in [0.25, 0.3) is 0 Å². The van der Waals surface area contributed by atoms with Crippen molar-refractivity contribution >= 4 is 29.1 Å². The molecule has 0 aliphatic rings. The number of halogens is 1. The number of carbonyl (C=O) groups is 1. The molecule has 2 rings (SSSR count). The Balaban J connectivity index is 2.09. The molecular formula is C11H9ClN6O. The van der Waals surface area contributed by atoms with E-state index in [2.05, 4.69) is 15.4 Å². The van der Waals surface area contributed by atoms with Crippen LogP contribution in [0.3, 0.4) is 0 Å². The molecule has 1 aromatic heterocycles. The number of carbonyl (C=O) groups excluding carboxylic acids is 1. The molecule has 1 heterocycles. The molecule has 3 N–H and O–H groups in total. The Morgan fingerprint density at radius 3 is 3.00 bits per heavy atom. The number of benzene rings is 1. The lowest BCUT2D eigenvalue weighted by Crippen LogP contribution is -2.19. The molecule has 0 radical (unpaired) electrons. The first-order valence-corrected chi connectivity index (χ1v) is 5.60. The fourth-order valence-corrected chi connectivity index (χ4v) is 1.58. The van der Waals surface area contributed by atoms with Crippen LogP contribution in [0.15, 0.2) is 24.5 Å². The van der Waals surface area contributed by atoms with Crippen LogP contribution in [0.1, 0.15) is 5.56 Å². The van der Waals surface area contributed by atoms with Crippen LogP contribution in [-0.2, 0) is 11.3 Å². The molecule has 1 amide bonds. The van der Waals surface area contributed by atoms with Crippen LogP contribution in [0.25, 0.3) is 0 Å². The smallest absolute Gasteiger partial charge is 0.246 e. The van der Waals surface area contributed by atoms with E-state index in [4.69, 9.17) is 22.6 Å². The molecule has 0 fully saturated rings. The number of rotatable bonds is 3. The second kappa shape index (κ2) is 5.37. The zero-order chi connectivity index (χ0) is 13.8. The van der Waals surface area contributed by atoms with Gasteiger partial charge in [0.05, 0.1) is 22.3 Å². The molecule has 0 saturated heterocycles. The topological polar surface area (TPSA) is 110 Å². The van der Waals surface area contributed by atoms with Crippen molar-refractivity contribution in [3.8, 4) is 6.07 Å². The normalized spacial score (nSPS) is 9.89. The van der Waals surface area contributed by atoms with Crippen molar-refractivity contribution < 1.29 is 4.79 Å². The zero-order valence-electron chi connectivity index (χ0n) is 9.67. The average Bonchev–Trinajstić information content (AvgIpc) is 2.77. The van der Waals surface area contributed by atoms with E-state index in [0.717, 1.165) is 0 Å². The Labute approximate surface area is 113 Å². The lowest BCUT2D eigenvalue weighted by atomic mass is 10.2. The number of anilines is 2. The standard InChI is InChI=1S/C11H9ClN6O/c12-8-2-1-7(4-13)3-9(8)16-10(19)5-18-6-15-11(14)17-18/h1-3,6H,5H2,(H2,14,17)(H,16,19). The third-order valence-corrected chi connectivity index (χ3v) is 2.56. The molecule has 19 heavy (non-hydrogen) atoms. The monoisotopic (exact) mass is 276 g/mol. The summed E-state index contributed by atoms with van der Waals surface area (Å²) in [4.78, 5) is 15.5. The van der Waals surface area contributed by atoms with E-state index < -0.39 is 0 Å².